The molecule has 16 heavy (non-hydrogen) atoms. The molecule has 1 rings (SSSR count). The summed E-state index contributed by atoms with van der Waals surface area (Å²) in [7, 11) is 0. The maximum Gasteiger partial charge on any atom is 0.00201 e. The third-order valence-corrected chi connectivity index (χ3v) is 2.83. The predicted molar refractivity (Wildman–Crippen MR) is 71.8 cm³/mol. The zero-order valence-electron chi connectivity index (χ0n) is 10.5. The summed E-state index contributed by atoms with van der Waals surface area (Å²) >= 11 is 0. The van der Waals surface area contributed by atoms with Gasteiger partial charge in [0.05, 0.1) is 0 Å². The van der Waals surface area contributed by atoms with E-state index in [9.17, 15) is 0 Å². The molecule has 0 bridgehead atoms. The fourth-order valence-electron chi connectivity index (χ4n) is 1.85. The normalized spacial score (nSPS) is 12.4. The molecule has 0 aliphatic carbocycles. The Morgan fingerprint density at radius 3 is 2.56 bits per heavy atom. The molecule has 1 heteroatoms. The van der Waals surface area contributed by atoms with Crippen LogP contribution in [0.1, 0.15) is 38.2 Å². The summed E-state index contributed by atoms with van der Waals surface area (Å²) in [5, 5.41) is 3.44. The summed E-state index contributed by atoms with van der Waals surface area (Å²) in [6.07, 6.45) is 2.30. The molecule has 0 radical (unpaired) electrons. The molecule has 1 aromatic carbocycles. The quantitative estimate of drug-likeness (QED) is 0.686. The second-order valence-electron chi connectivity index (χ2n) is 4.41. The average molecular weight is 217 g/mol. The van der Waals surface area contributed by atoms with E-state index in [-0.39, 0.29) is 0 Å². The van der Waals surface area contributed by atoms with E-state index in [0.717, 1.165) is 19.5 Å². The van der Waals surface area contributed by atoms with Crippen molar-refractivity contribution in [1.82, 2.24) is 5.32 Å². The van der Waals surface area contributed by atoms with Crippen LogP contribution in [0.5, 0.6) is 0 Å². The van der Waals surface area contributed by atoms with Gasteiger partial charge in [0, 0.05) is 6.54 Å². The average Bonchev–Trinajstić information content (AvgIpc) is 2.30. The van der Waals surface area contributed by atoms with Gasteiger partial charge in [-0.05, 0) is 37.8 Å². The van der Waals surface area contributed by atoms with Crippen molar-refractivity contribution in [2.45, 2.75) is 32.6 Å². The lowest BCUT2D eigenvalue weighted by Crippen LogP contribution is -2.21. The van der Waals surface area contributed by atoms with Gasteiger partial charge in [-0.3, -0.25) is 0 Å². The topological polar surface area (TPSA) is 12.0 Å². The number of rotatable bonds is 7. The van der Waals surface area contributed by atoms with Crippen molar-refractivity contribution in [3.8, 4) is 0 Å². The van der Waals surface area contributed by atoms with E-state index in [1.807, 2.05) is 0 Å². The van der Waals surface area contributed by atoms with Crippen LogP contribution in [-0.4, -0.2) is 13.1 Å². The first-order valence-electron chi connectivity index (χ1n) is 6.14. The number of hydrogen-bond donors (Lipinski definition) is 1. The predicted octanol–water partition coefficient (Wildman–Crippen LogP) is 3.74. The van der Waals surface area contributed by atoms with Gasteiger partial charge >= 0.3 is 0 Å². The Morgan fingerprint density at radius 1 is 1.31 bits per heavy atom. The molecule has 0 amide bonds. The second-order valence-corrected chi connectivity index (χ2v) is 4.41. The van der Waals surface area contributed by atoms with Crippen LogP contribution in [0.3, 0.4) is 0 Å². The summed E-state index contributed by atoms with van der Waals surface area (Å²) in [6, 6.07) is 10.8. The minimum Gasteiger partial charge on any atom is -0.316 e. The molecule has 1 nitrogen and oxygen atoms in total. The highest BCUT2D eigenvalue weighted by atomic mass is 14.8. The molecule has 0 aliphatic heterocycles. The lowest BCUT2D eigenvalue weighted by molar-refractivity contribution is 0.561. The molecule has 0 aromatic heterocycles. The van der Waals surface area contributed by atoms with Crippen LogP contribution < -0.4 is 5.32 Å². The van der Waals surface area contributed by atoms with Crippen LogP contribution in [0, 0.1) is 0 Å². The maximum atomic E-state index is 3.98. The molecule has 0 fully saturated rings. The van der Waals surface area contributed by atoms with Gasteiger partial charge in [0.2, 0.25) is 0 Å². The van der Waals surface area contributed by atoms with Crippen LogP contribution in [0.2, 0.25) is 0 Å². The van der Waals surface area contributed by atoms with Gasteiger partial charge in [0.15, 0.2) is 0 Å². The van der Waals surface area contributed by atoms with Crippen molar-refractivity contribution < 1.29 is 0 Å². The van der Waals surface area contributed by atoms with Crippen LogP contribution >= 0.6 is 0 Å². The molecule has 1 unspecified atom stereocenters. The number of nitrogens with one attached hydrogen (secondary N) is 1. The molecule has 1 atom stereocenters. The van der Waals surface area contributed by atoms with E-state index in [2.05, 4.69) is 56.1 Å². The number of allylic oxidation sites excluding steroid dienone is 1. The SMILES string of the molecule is C=C(C)CCC(CNCC)c1ccccc1. The van der Waals surface area contributed by atoms with E-state index >= 15 is 0 Å². The highest BCUT2D eigenvalue weighted by molar-refractivity contribution is 5.20. The summed E-state index contributed by atoms with van der Waals surface area (Å²) < 4.78 is 0. The fraction of sp³-hybridized carbons (Fsp3) is 0.467. The van der Waals surface area contributed by atoms with Gasteiger partial charge in [0.1, 0.15) is 0 Å². The lowest BCUT2D eigenvalue weighted by Gasteiger charge is -2.17. The fourth-order valence-corrected chi connectivity index (χ4v) is 1.85. The van der Waals surface area contributed by atoms with Gasteiger partial charge in [0.25, 0.3) is 0 Å². The smallest absolute Gasteiger partial charge is 0.00201 e. The van der Waals surface area contributed by atoms with Crippen LogP contribution in [0.15, 0.2) is 42.5 Å². The largest absolute Gasteiger partial charge is 0.316 e. The Kier molecular flexibility index (Phi) is 5.87. The number of hydrogen-bond acceptors (Lipinski definition) is 1. The number of benzene rings is 1. The van der Waals surface area contributed by atoms with E-state index in [1.165, 1.54) is 17.6 Å². The third-order valence-electron chi connectivity index (χ3n) is 2.83. The molecular formula is C15H23N. The molecule has 0 saturated heterocycles. The Hall–Kier alpha value is -1.08. The third kappa shape index (κ3) is 4.63. The lowest BCUT2D eigenvalue weighted by atomic mass is 9.93. The molecule has 0 spiro atoms. The first-order valence-corrected chi connectivity index (χ1v) is 6.14. The van der Waals surface area contributed by atoms with Gasteiger partial charge < -0.3 is 5.32 Å². The van der Waals surface area contributed by atoms with Crippen LogP contribution in [-0.2, 0) is 0 Å². The van der Waals surface area contributed by atoms with Crippen molar-refractivity contribution in [3.63, 3.8) is 0 Å². The van der Waals surface area contributed by atoms with Crippen molar-refractivity contribution >= 4 is 0 Å². The molecule has 1 aromatic rings. The maximum absolute atomic E-state index is 3.98. The summed E-state index contributed by atoms with van der Waals surface area (Å²) in [5.74, 6) is 0.609. The zero-order valence-corrected chi connectivity index (χ0v) is 10.5. The first kappa shape index (κ1) is 13.0. The van der Waals surface area contributed by atoms with Gasteiger partial charge in [-0.1, -0.05) is 42.8 Å². The van der Waals surface area contributed by atoms with Crippen LogP contribution in [0.4, 0.5) is 0 Å². The van der Waals surface area contributed by atoms with Gasteiger partial charge in [-0.25, -0.2) is 0 Å². The van der Waals surface area contributed by atoms with Crippen molar-refractivity contribution in [2.75, 3.05) is 13.1 Å². The summed E-state index contributed by atoms with van der Waals surface area (Å²) in [6.45, 7) is 10.3. The molecule has 0 aliphatic rings. The van der Waals surface area contributed by atoms with Crippen molar-refractivity contribution in [2.24, 2.45) is 0 Å². The molecule has 0 saturated carbocycles. The standard InChI is InChI=1S/C15H23N/c1-4-16-12-15(11-10-13(2)3)14-8-6-5-7-9-14/h5-9,15-16H,2,4,10-12H2,1,3H3. The molecule has 1 N–H and O–H groups in total. The Morgan fingerprint density at radius 2 is 2.00 bits per heavy atom. The van der Waals surface area contributed by atoms with Crippen molar-refractivity contribution in [3.05, 3.63) is 48.0 Å². The minimum absolute atomic E-state index is 0.609. The highest BCUT2D eigenvalue weighted by Gasteiger charge is 2.10. The Bertz CT molecular complexity index is 302. The molecule has 88 valence electrons. The minimum atomic E-state index is 0.609. The Balaban J connectivity index is 2.59. The van der Waals surface area contributed by atoms with E-state index in [4.69, 9.17) is 0 Å². The Labute approximate surface area is 99.6 Å². The zero-order chi connectivity index (χ0) is 11.8. The van der Waals surface area contributed by atoms with Gasteiger partial charge in [-0.15, -0.1) is 6.58 Å². The monoisotopic (exact) mass is 217 g/mol. The van der Waals surface area contributed by atoms with Crippen LogP contribution in [0.25, 0.3) is 0 Å². The summed E-state index contributed by atoms with van der Waals surface area (Å²) in [4.78, 5) is 0. The molecular weight excluding hydrogens is 194 g/mol. The summed E-state index contributed by atoms with van der Waals surface area (Å²) in [5.41, 5.74) is 2.71. The van der Waals surface area contributed by atoms with E-state index in [1.54, 1.807) is 0 Å². The van der Waals surface area contributed by atoms with Crippen molar-refractivity contribution in [1.29, 1.82) is 0 Å². The number of likely N-dealkylation sites (N-methyl/N-ethyl adjacent to an activating group) is 1. The van der Waals surface area contributed by atoms with Gasteiger partial charge in [-0.2, -0.15) is 0 Å². The van der Waals surface area contributed by atoms with E-state index in [0.29, 0.717) is 5.92 Å². The first-order chi connectivity index (χ1) is 7.74. The molecule has 0 heterocycles. The second kappa shape index (κ2) is 7.24. The van der Waals surface area contributed by atoms with E-state index < -0.39 is 0 Å². The highest BCUT2D eigenvalue weighted by Crippen LogP contribution is 2.22.